The van der Waals surface area contributed by atoms with Gasteiger partial charge in [0.25, 0.3) is 0 Å². The monoisotopic (exact) mass is 849 g/mol. The van der Waals surface area contributed by atoms with Gasteiger partial charge in [-0.1, -0.05) is 147 Å². The molecule has 0 atom stereocenters. The zero-order chi connectivity index (χ0) is 42.3. The lowest BCUT2D eigenvalue weighted by atomic mass is 9.82. The summed E-state index contributed by atoms with van der Waals surface area (Å²) in [7, 11) is 0. The highest BCUT2D eigenvalue weighted by molar-refractivity contribution is 7.26. The third kappa shape index (κ3) is 5.11. The molecule has 0 saturated heterocycles. The highest BCUT2D eigenvalue weighted by Gasteiger charge is 2.36. The minimum Gasteiger partial charge on any atom is -0.310 e. The van der Waals surface area contributed by atoms with Gasteiger partial charge >= 0.3 is 0 Å². The van der Waals surface area contributed by atoms with Crippen LogP contribution in [0.15, 0.2) is 200 Å². The number of benzene rings is 11. The second-order valence-electron chi connectivity index (χ2n) is 18.0. The SMILES string of the molecule is CC1(C)c2ccccc2-c2ccc(N(c3ccc4sc5ccccc5c4c3)c3cc4c5ccccc5c5ccccc5c4cc3-c3cccc4sc5cc6ccccc6cc5c34)cc21. The summed E-state index contributed by atoms with van der Waals surface area (Å²) >= 11 is 3.77. The summed E-state index contributed by atoms with van der Waals surface area (Å²) in [4.78, 5) is 2.58. The molecule has 0 fully saturated rings. The van der Waals surface area contributed by atoms with Crippen molar-refractivity contribution in [2.75, 3.05) is 4.90 Å². The molecule has 0 saturated carbocycles. The molecule has 0 bridgehead atoms. The molecule has 0 unspecified atom stereocenters. The van der Waals surface area contributed by atoms with E-state index in [2.05, 4.69) is 219 Å². The van der Waals surface area contributed by atoms with Crippen LogP contribution in [0.1, 0.15) is 25.0 Å². The van der Waals surface area contributed by atoms with Crippen molar-refractivity contribution >= 4 is 123 Å². The zero-order valence-electron chi connectivity index (χ0n) is 35.3. The van der Waals surface area contributed by atoms with Crippen molar-refractivity contribution in [2.45, 2.75) is 19.3 Å². The molecule has 3 heteroatoms. The molecule has 0 spiro atoms. The first-order valence-electron chi connectivity index (χ1n) is 22.2. The molecule has 2 aromatic heterocycles. The van der Waals surface area contributed by atoms with Gasteiger partial charge in [-0.3, -0.25) is 0 Å². The maximum atomic E-state index is 2.58. The quantitative estimate of drug-likeness (QED) is 0.160. The Morgan fingerprint density at radius 2 is 0.891 bits per heavy atom. The Kier molecular flexibility index (Phi) is 7.56. The lowest BCUT2D eigenvalue weighted by Crippen LogP contribution is -2.17. The van der Waals surface area contributed by atoms with Gasteiger partial charge in [0.15, 0.2) is 0 Å². The molecule has 1 nitrogen and oxygen atoms in total. The lowest BCUT2D eigenvalue weighted by molar-refractivity contribution is 0.660. The van der Waals surface area contributed by atoms with E-state index in [1.165, 1.54) is 117 Å². The highest BCUT2D eigenvalue weighted by atomic mass is 32.1. The largest absolute Gasteiger partial charge is 0.310 e. The number of thiophene rings is 2. The third-order valence-electron chi connectivity index (χ3n) is 14.2. The number of fused-ring (bicyclic) bond motifs is 16. The zero-order valence-corrected chi connectivity index (χ0v) is 36.9. The molecule has 1 aliphatic rings. The summed E-state index contributed by atoms with van der Waals surface area (Å²) in [6, 6.07) is 75.8. The number of rotatable bonds is 4. The van der Waals surface area contributed by atoms with Crippen LogP contribution in [-0.2, 0) is 5.41 Å². The van der Waals surface area contributed by atoms with Crippen LogP contribution in [0.2, 0.25) is 0 Å². The van der Waals surface area contributed by atoms with E-state index in [1.54, 1.807) is 0 Å². The van der Waals surface area contributed by atoms with Crippen LogP contribution in [0.4, 0.5) is 17.1 Å². The van der Waals surface area contributed by atoms with Crippen LogP contribution in [0.3, 0.4) is 0 Å². The van der Waals surface area contributed by atoms with E-state index in [4.69, 9.17) is 0 Å². The van der Waals surface area contributed by atoms with Crippen LogP contribution < -0.4 is 4.90 Å². The van der Waals surface area contributed by atoms with Crippen molar-refractivity contribution in [2.24, 2.45) is 0 Å². The molecule has 14 rings (SSSR count). The molecule has 300 valence electrons. The molecule has 11 aromatic carbocycles. The number of hydrogen-bond donors (Lipinski definition) is 0. The van der Waals surface area contributed by atoms with E-state index in [1.807, 2.05) is 22.7 Å². The Hall–Kier alpha value is -7.30. The topological polar surface area (TPSA) is 3.24 Å². The van der Waals surface area contributed by atoms with Gasteiger partial charge in [-0.2, -0.15) is 0 Å². The summed E-state index contributed by atoms with van der Waals surface area (Å²) < 4.78 is 5.22. The molecule has 2 heterocycles. The smallest absolute Gasteiger partial charge is 0.0546 e. The molecule has 1 aliphatic carbocycles. The maximum Gasteiger partial charge on any atom is 0.0546 e. The molecule has 64 heavy (non-hydrogen) atoms. The van der Waals surface area contributed by atoms with Gasteiger partial charge in [-0.15, -0.1) is 22.7 Å². The Balaban J connectivity index is 1.14. The Morgan fingerprint density at radius 1 is 0.328 bits per heavy atom. The second-order valence-corrected chi connectivity index (χ2v) is 20.2. The Bertz CT molecular complexity index is 4130. The van der Waals surface area contributed by atoms with Crippen LogP contribution in [0.25, 0.3) is 106 Å². The highest BCUT2D eigenvalue weighted by Crippen LogP contribution is 2.54. The first-order chi connectivity index (χ1) is 31.5. The van der Waals surface area contributed by atoms with Crippen LogP contribution >= 0.6 is 22.7 Å². The first kappa shape index (κ1) is 36.2. The number of hydrogen-bond acceptors (Lipinski definition) is 3. The van der Waals surface area contributed by atoms with E-state index < -0.39 is 0 Å². The third-order valence-corrected chi connectivity index (χ3v) is 16.5. The van der Waals surface area contributed by atoms with Crippen LogP contribution in [0, 0.1) is 0 Å². The molecule has 0 N–H and O–H groups in total. The molecular formula is C61H39NS2. The molecular weight excluding hydrogens is 811 g/mol. The fraction of sp³-hybridized carbons (Fsp3) is 0.0492. The van der Waals surface area contributed by atoms with Gasteiger partial charge in [0.2, 0.25) is 0 Å². The molecule has 0 amide bonds. The van der Waals surface area contributed by atoms with Gasteiger partial charge in [-0.05, 0) is 138 Å². The molecule has 13 aromatic rings. The normalized spacial score (nSPS) is 13.3. The average Bonchev–Trinajstić information content (AvgIpc) is 3.97. The second kappa shape index (κ2) is 13.4. The van der Waals surface area contributed by atoms with Crippen molar-refractivity contribution < 1.29 is 0 Å². The minimum atomic E-state index is -0.160. The van der Waals surface area contributed by atoms with Crippen molar-refractivity contribution in [1.82, 2.24) is 0 Å². The van der Waals surface area contributed by atoms with Gasteiger partial charge in [-0.25, -0.2) is 0 Å². The van der Waals surface area contributed by atoms with Crippen LogP contribution in [0.5, 0.6) is 0 Å². The average molecular weight is 850 g/mol. The van der Waals surface area contributed by atoms with E-state index in [0.29, 0.717) is 0 Å². The van der Waals surface area contributed by atoms with E-state index >= 15 is 0 Å². The van der Waals surface area contributed by atoms with E-state index in [0.717, 1.165) is 17.1 Å². The molecule has 0 radical (unpaired) electrons. The summed E-state index contributed by atoms with van der Waals surface area (Å²) in [6.07, 6.45) is 0. The summed E-state index contributed by atoms with van der Waals surface area (Å²) in [5.41, 5.74) is 11.1. The predicted molar refractivity (Wildman–Crippen MR) is 280 cm³/mol. The summed E-state index contributed by atoms with van der Waals surface area (Å²) in [6.45, 7) is 4.78. The van der Waals surface area contributed by atoms with Gasteiger partial charge in [0, 0.05) is 62.7 Å². The molecule has 0 aliphatic heterocycles. The van der Waals surface area contributed by atoms with E-state index in [-0.39, 0.29) is 5.41 Å². The van der Waals surface area contributed by atoms with E-state index in [9.17, 15) is 0 Å². The fourth-order valence-electron chi connectivity index (χ4n) is 11.2. The Labute approximate surface area is 378 Å². The van der Waals surface area contributed by atoms with Crippen molar-refractivity contribution in [1.29, 1.82) is 0 Å². The van der Waals surface area contributed by atoms with Gasteiger partial charge in [0.05, 0.1) is 5.69 Å². The lowest BCUT2D eigenvalue weighted by Gasteiger charge is -2.31. The van der Waals surface area contributed by atoms with Gasteiger partial charge in [0.1, 0.15) is 0 Å². The van der Waals surface area contributed by atoms with Crippen molar-refractivity contribution in [3.63, 3.8) is 0 Å². The minimum absolute atomic E-state index is 0.160. The summed E-state index contributed by atoms with van der Waals surface area (Å²) in [5.74, 6) is 0. The number of nitrogens with zero attached hydrogens (tertiary/aromatic N) is 1. The first-order valence-corrected chi connectivity index (χ1v) is 23.8. The fourth-order valence-corrected chi connectivity index (χ4v) is 13.4. The van der Waals surface area contributed by atoms with Crippen LogP contribution in [-0.4, -0.2) is 0 Å². The number of anilines is 3. The summed E-state index contributed by atoms with van der Waals surface area (Å²) in [5, 5.41) is 15.3. The van der Waals surface area contributed by atoms with Crippen molar-refractivity contribution in [3.05, 3.63) is 211 Å². The van der Waals surface area contributed by atoms with Crippen molar-refractivity contribution in [3.8, 4) is 22.3 Å². The predicted octanol–water partition coefficient (Wildman–Crippen LogP) is 18.5. The standard InChI is InChI=1S/C61H39NS2/c1-61(2)53-23-11-9-20-44(53)45-28-26-39(33-54(45)61)62(38-27-29-57-51(32-38)46-21-10-12-24-56(46)63-57)55-35-49-43-19-8-6-17-41(43)40-16-5-7-18-42(40)48(49)34-50(55)47-22-13-25-58-60(47)52-30-36-14-3-4-15-37(36)31-59(52)64-58/h3-35H,1-2H3. The Morgan fingerprint density at radius 3 is 1.69 bits per heavy atom. The maximum absolute atomic E-state index is 2.58. The van der Waals surface area contributed by atoms with Gasteiger partial charge < -0.3 is 4.90 Å².